The molecule has 2 saturated carbocycles. The van der Waals surface area contributed by atoms with E-state index in [2.05, 4.69) is 17.3 Å². The fourth-order valence-corrected chi connectivity index (χ4v) is 5.15. The average molecular weight is 358 g/mol. The molecule has 132 valence electrons. The van der Waals surface area contributed by atoms with E-state index in [9.17, 15) is 4.79 Å². The molecule has 2 aliphatic carbocycles. The maximum absolute atomic E-state index is 12.9. The maximum Gasteiger partial charge on any atom is 0.256 e. The smallest absolute Gasteiger partial charge is 0.256 e. The van der Waals surface area contributed by atoms with Gasteiger partial charge >= 0.3 is 0 Å². The zero-order valence-electron chi connectivity index (χ0n) is 14.7. The molecule has 2 fully saturated rings. The highest BCUT2D eigenvalue weighted by molar-refractivity contribution is 6.33. The number of rotatable bonds is 4. The van der Waals surface area contributed by atoms with Crippen molar-refractivity contribution in [1.29, 1.82) is 0 Å². The highest BCUT2D eigenvalue weighted by Gasteiger charge is 2.42. The van der Waals surface area contributed by atoms with Crippen molar-refractivity contribution in [2.24, 2.45) is 17.8 Å². The number of nitrogens with zero attached hydrogens (tertiary/aromatic N) is 2. The molecule has 1 aromatic carbocycles. The molecule has 2 aromatic rings. The van der Waals surface area contributed by atoms with Gasteiger partial charge in [-0.1, -0.05) is 36.2 Å². The second-order valence-corrected chi connectivity index (χ2v) is 7.96. The molecule has 1 amide bonds. The summed E-state index contributed by atoms with van der Waals surface area (Å²) in [6, 6.07) is 9.84. The molecule has 1 aromatic heterocycles. The van der Waals surface area contributed by atoms with Crippen molar-refractivity contribution >= 4 is 17.5 Å². The third-order valence-electron chi connectivity index (χ3n) is 6.03. The van der Waals surface area contributed by atoms with E-state index in [0.717, 1.165) is 17.5 Å². The predicted octanol–water partition coefficient (Wildman–Crippen LogP) is 4.39. The molecule has 0 radical (unpaired) electrons. The quantitative estimate of drug-likeness (QED) is 0.882. The number of amides is 1. The fourth-order valence-electron chi connectivity index (χ4n) is 4.79. The molecule has 4 atom stereocenters. The van der Waals surface area contributed by atoms with E-state index in [1.807, 2.05) is 37.3 Å². The van der Waals surface area contributed by atoms with Gasteiger partial charge in [-0.25, -0.2) is 4.68 Å². The van der Waals surface area contributed by atoms with Gasteiger partial charge in [0.25, 0.3) is 5.91 Å². The van der Waals surface area contributed by atoms with Crippen LogP contribution >= 0.6 is 11.6 Å². The summed E-state index contributed by atoms with van der Waals surface area (Å²) in [4.78, 5) is 12.9. The average Bonchev–Trinajstić information content (AvgIpc) is 3.30. The van der Waals surface area contributed by atoms with Gasteiger partial charge in [0.15, 0.2) is 0 Å². The predicted molar refractivity (Wildman–Crippen MR) is 99.2 cm³/mol. The summed E-state index contributed by atoms with van der Waals surface area (Å²) >= 11 is 6.50. The van der Waals surface area contributed by atoms with Crippen molar-refractivity contribution in [3.8, 4) is 5.69 Å². The molecule has 2 aliphatic rings. The Morgan fingerprint density at radius 3 is 2.68 bits per heavy atom. The van der Waals surface area contributed by atoms with Gasteiger partial charge < -0.3 is 5.32 Å². The van der Waals surface area contributed by atoms with Gasteiger partial charge in [0, 0.05) is 6.04 Å². The third kappa shape index (κ3) is 2.97. The number of para-hydroxylation sites is 1. The minimum Gasteiger partial charge on any atom is -0.349 e. The van der Waals surface area contributed by atoms with E-state index in [4.69, 9.17) is 11.6 Å². The van der Waals surface area contributed by atoms with E-state index < -0.39 is 0 Å². The van der Waals surface area contributed by atoms with Crippen LogP contribution in [0.3, 0.4) is 0 Å². The number of carbonyl (C=O) groups excluding carboxylic acids is 1. The zero-order valence-corrected chi connectivity index (χ0v) is 15.5. The van der Waals surface area contributed by atoms with Crippen molar-refractivity contribution in [2.75, 3.05) is 0 Å². The Labute approximate surface area is 153 Å². The Balaban J connectivity index is 1.53. The molecular weight excluding hydrogens is 334 g/mol. The van der Waals surface area contributed by atoms with Crippen LogP contribution in [0.15, 0.2) is 30.3 Å². The summed E-state index contributed by atoms with van der Waals surface area (Å²) in [6.45, 7) is 3.97. The minimum absolute atomic E-state index is 0.111. The summed E-state index contributed by atoms with van der Waals surface area (Å²) < 4.78 is 1.63. The molecule has 4 rings (SSSR count). The standard InChI is InChI=1S/C20H24ClN3O/c1-12(17-11-14-8-9-15(17)10-14)22-20(25)18-13(2)23-24(19(18)21)16-6-4-3-5-7-16/h3-7,12,14-15,17H,8-11H2,1-2H3,(H,22,25)/t12-,14-,15-,17-/m0/s1. The molecular formula is C20H24ClN3O. The largest absolute Gasteiger partial charge is 0.349 e. The van der Waals surface area contributed by atoms with Gasteiger partial charge in [0.05, 0.1) is 16.9 Å². The summed E-state index contributed by atoms with van der Waals surface area (Å²) in [5.41, 5.74) is 2.00. The Kier molecular flexibility index (Phi) is 4.32. The Morgan fingerprint density at radius 1 is 1.28 bits per heavy atom. The normalized spacial score (nSPS) is 26.0. The Bertz CT molecular complexity index is 786. The fraction of sp³-hybridized carbons (Fsp3) is 0.500. The van der Waals surface area contributed by atoms with Crippen LogP contribution in [0.25, 0.3) is 5.69 Å². The molecule has 0 unspecified atom stereocenters. The molecule has 25 heavy (non-hydrogen) atoms. The molecule has 0 spiro atoms. The first kappa shape index (κ1) is 16.6. The minimum atomic E-state index is -0.111. The van der Waals surface area contributed by atoms with Gasteiger partial charge in [0.2, 0.25) is 0 Å². The number of aryl methyl sites for hydroxylation is 1. The summed E-state index contributed by atoms with van der Waals surface area (Å²) in [7, 11) is 0. The lowest BCUT2D eigenvalue weighted by atomic mass is 9.84. The lowest BCUT2D eigenvalue weighted by molar-refractivity contribution is 0.0915. The molecule has 1 N–H and O–H groups in total. The molecule has 5 heteroatoms. The van der Waals surface area contributed by atoms with Gasteiger partial charge in [-0.2, -0.15) is 5.10 Å². The van der Waals surface area contributed by atoms with Crippen LogP contribution in [0.2, 0.25) is 5.15 Å². The lowest BCUT2D eigenvalue weighted by Gasteiger charge is -2.28. The first-order valence-corrected chi connectivity index (χ1v) is 9.53. The van der Waals surface area contributed by atoms with Gasteiger partial charge in [0.1, 0.15) is 5.15 Å². The van der Waals surface area contributed by atoms with E-state index in [0.29, 0.717) is 22.3 Å². The molecule has 4 nitrogen and oxygen atoms in total. The number of fused-ring (bicyclic) bond motifs is 2. The second-order valence-electron chi connectivity index (χ2n) is 7.60. The summed E-state index contributed by atoms with van der Waals surface area (Å²) in [6.07, 6.45) is 5.29. The van der Waals surface area contributed by atoms with Crippen molar-refractivity contribution < 1.29 is 4.79 Å². The number of hydrogen-bond acceptors (Lipinski definition) is 2. The highest BCUT2D eigenvalue weighted by atomic mass is 35.5. The van der Waals surface area contributed by atoms with Crippen LogP contribution in [0.4, 0.5) is 0 Å². The van der Waals surface area contributed by atoms with Crippen molar-refractivity contribution in [3.63, 3.8) is 0 Å². The van der Waals surface area contributed by atoms with Gasteiger partial charge in [-0.15, -0.1) is 0 Å². The van der Waals surface area contributed by atoms with E-state index in [1.165, 1.54) is 25.7 Å². The zero-order chi connectivity index (χ0) is 17.6. The topological polar surface area (TPSA) is 46.9 Å². The van der Waals surface area contributed by atoms with Crippen LogP contribution in [0.1, 0.15) is 48.7 Å². The van der Waals surface area contributed by atoms with Crippen LogP contribution in [0.5, 0.6) is 0 Å². The van der Waals surface area contributed by atoms with Crippen molar-refractivity contribution in [3.05, 3.63) is 46.7 Å². The number of halogens is 1. The SMILES string of the molecule is Cc1nn(-c2ccccc2)c(Cl)c1C(=O)N[C@@H](C)[C@@H]1C[C@H]2CC[C@H]1C2. The van der Waals surface area contributed by atoms with E-state index in [-0.39, 0.29) is 11.9 Å². The van der Waals surface area contributed by atoms with Crippen LogP contribution in [-0.2, 0) is 0 Å². The van der Waals surface area contributed by atoms with Gasteiger partial charge in [-0.3, -0.25) is 4.79 Å². The Morgan fingerprint density at radius 2 is 2.04 bits per heavy atom. The van der Waals surface area contributed by atoms with Crippen LogP contribution < -0.4 is 5.32 Å². The monoisotopic (exact) mass is 357 g/mol. The molecule has 0 saturated heterocycles. The number of carbonyl (C=O) groups is 1. The molecule has 2 bridgehead atoms. The van der Waals surface area contributed by atoms with Crippen LogP contribution in [0, 0.1) is 24.7 Å². The second kappa shape index (κ2) is 6.49. The summed E-state index contributed by atoms with van der Waals surface area (Å²) in [5, 5.41) is 8.04. The number of nitrogens with one attached hydrogen (secondary N) is 1. The number of benzene rings is 1. The Hall–Kier alpha value is -1.81. The van der Waals surface area contributed by atoms with E-state index >= 15 is 0 Å². The van der Waals surface area contributed by atoms with Gasteiger partial charge in [-0.05, 0) is 63.0 Å². The number of aromatic nitrogens is 2. The lowest BCUT2D eigenvalue weighted by Crippen LogP contribution is -2.40. The first-order valence-electron chi connectivity index (χ1n) is 9.16. The highest BCUT2D eigenvalue weighted by Crippen LogP contribution is 2.49. The van der Waals surface area contributed by atoms with Crippen molar-refractivity contribution in [2.45, 2.75) is 45.6 Å². The van der Waals surface area contributed by atoms with E-state index in [1.54, 1.807) is 4.68 Å². The molecule has 0 aliphatic heterocycles. The number of hydrogen-bond donors (Lipinski definition) is 1. The first-order chi connectivity index (χ1) is 12.0. The molecule has 1 heterocycles. The maximum atomic E-state index is 12.9. The summed E-state index contributed by atoms with van der Waals surface area (Å²) in [5.74, 6) is 2.15. The third-order valence-corrected chi connectivity index (χ3v) is 6.37. The van der Waals surface area contributed by atoms with Crippen molar-refractivity contribution in [1.82, 2.24) is 15.1 Å². The van der Waals surface area contributed by atoms with Crippen LogP contribution in [-0.4, -0.2) is 21.7 Å².